The normalized spacial score (nSPS) is 13.5. The maximum absolute atomic E-state index is 13.1. The van der Waals surface area contributed by atoms with Gasteiger partial charge in [0.15, 0.2) is 5.71 Å². The number of hydrazone groups is 1. The van der Waals surface area contributed by atoms with E-state index in [1.807, 2.05) is 37.3 Å². The van der Waals surface area contributed by atoms with Gasteiger partial charge in [0, 0.05) is 27.7 Å². The summed E-state index contributed by atoms with van der Waals surface area (Å²) in [6.45, 7) is 2.55. The molecule has 3 amide bonds. The molecule has 0 saturated heterocycles. The minimum atomic E-state index is -0.931. The van der Waals surface area contributed by atoms with Crippen molar-refractivity contribution in [3.05, 3.63) is 88.4 Å². The number of carbonyl (C=O) groups excluding carboxylic acids is 2. The number of carboxylic acid groups (broad SMARTS) is 1. The first-order valence-electron chi connectivity index (χ1n) is 12.2. The summed E-state index contributed by atoms with van der Waals surface area (Å²) in [5.74, 6) is -0.338. The number of amides is 3. The molecule has 3 aromatic rings. The lowest BCUT2D eigenvalue weighted by Gasteiger charge is -2.15. The van der Waals surface area contributed by atoms with Gasteiger partial charge < -0.3 is 15.3 Å². The third kappa shape index (κ3) is 6.73. The second kappa shape index (κ2) is 12.6. The fourth-order valence-electron chi connectivity index (χ4n) is 4.05. The number of anilines is 2. The van der Waals surface area contributed by atoms with Gasteiger partial charge in [-0.25, -0.2) is 15.0 Å². The molecular formula is C28H27ClN4O4S. The summed E-state index contributed by atoms with van der Waals surface area (Å²) in [5, 5.41) is 16.3. The molecule has 1 heterocycles. The van der Waals surface area contributed by atoms with Crippen molar-refractivity contribution < 1.29 is 19.5 Å². The molecule has 8 nitrogen and oxygen atoms in total. The Kier molecular flexibility index (Phi) is 9.04. The van der Waals surface area contributed by atoms with Crippen molar-refractivity contribution in [2.24, 2.45) is 5.10 Å². The Morgan fingerprint density at radius 1 is 1.08 bits per heavy atom. The van der Waals surface area contributed by atoms with Crippen LogP contribution in [0.4, 0.5) is 16.2 Å². The summed E-state index contributed by atoms with van der Waals surface area (Å²) in [6, 6.07) is 18.9. The van der Waals surface area contributed by atoms with Crippen LogP contribution >= 0.6 is 23.4 Å². The number of fused-ring (bicyclic) bond motifs is 1. The Labute approximate surface area is 230 Å². The van der Waals surface area contributed by atoms with Gasteiger partial charge in [-0.2, -0.15) is 5.10 Å². The van der Waals surface area contributed by atoms with E-state index < -0.39 is 12.0 Å². The molecule has 10 heteroatoms. The number of benzene rings is 3. The highest BCUT2D eigenvalue weighted by Crippen LogP contribution is 2.33. The van der Waals surface area contributed by atoms with Crippen LogP contribution in [-0.2, 0) is 11.2 Å². The lowest BCUT2D eigenvalue weighted by molar-refractivity contribution is -0.112. The van der Waals surface area contributed by atoms with Crippen LogP contribution in [0.15, 0.2) is 76.7 Å². The summed E-state index contributed by atoms with van der Waals surface area (Å²) in [7, 11) is 0. The van der Waals surface area contributed by atoms with Crippen LogP contribution in [0, 0.1) is 0 Å². The van der Waals surface area contributed by atoms with Gasteiger partial charge >= 0.3 is 12.0 Å². The Balaban J connectivity index is 1.41. The monoisotopic (exact) mass is 550 g/mol. The number of thioether (sulfide) groups is 1. The number of nitrogens with zero attached hydrogens (tertiary/aromatic N) is 2. The number of urea groups is 1. The maximum Gasteiger partial charge on any atom is 0.339 e. The zero-order valence-electron chi connectivity index (χ0n) is 20.7. The van der Waals surface area contributed by atoms with E-state index in [0.717, 1.165) is 41.2 Å². The summed E-state index contributed by atoms with van der Waals surface area (Å²) >= 11 is 7.63. The second-order valence-corrected chi connectivity index (χ2v) is 10.2. The number of hydrogen-bond acceptors (Lipinski definition) is 5. The molecule has 1 aliphatic heterocycles. The fourth-order valence-corrected chi connectivity index (χ4v) is 5.13. The maximum atomic E-state index is 13.1. The molecule has 3 aromatic carbocycles. The van der Waals surface area contributed by atoms with Crippen molar-refractivity contribution >= 4 is 58.4 Å². The number of carboxylic acids is 1. The van der Waals surface area contributed by atoms with E-state index in [1.54, 1.807) is 53.1 Å². The van der Waals surface area contributed by atoms with Crippen LogP contribution in [0.2, 0.25) is 5.02 Å². The second-order valence-electron chi connectivity index (χ2n) is 8.63. The van der Waals surface area contributed by atoms with Gasteiger partial charge in [-0.15, -0.1) is 11.8 Å². The lowest BCUT2D eigenvalue weighted by atomic mass is 10.1. The molecule has 0 aliphatic carbocycles. The smallest absolute Gasteiger partial charge is 0.339 e. The molecule has 4 rings (SSSR count). The molecule has 0 saturated carbocycles. The fraction of sp³-hybridized carbons (Fsp3) is 0.214. The molecule has 0 unspecified atom stereocenters. The number of rotatable bonds is 10. The summed E-state index contributed by atoms with van der Waals surface area (Å²) in [4.78, 5) is 39.2. The van der Waals surface area contributed by atoms with Crippen molar-refractivity contribution in [3.8, 4) is 0 Å². The van der Waals surface area contributed by atoms with Crippen molar-refractivity contribution in [1.29, 1.82) is 0 Å². The lowest BCUT2D eigenvalue weighted by Crippen LogP contribution is -2.33. The zero-order chi connectivity index (χ0) is 27.1. The topological polar surface area (TPSA) is 111 Å². The van der Waals surface area contributed by atoms with E-state index in [0.29, 0.717) is 22.8 Å². The highest BCUT2D eigenvalue weighted by molar-refractivity contribution is 7.99. The Bertz CT molecular complexity index is 1380. The van der Waals surface area contributed by atoms with Crippen LogP contribution < -0.4 is 15.6 Å². The summed E-state index contributed by atoms with van der Waals surface area (Å²) in [6.07, 6.45) is 2.52. The van der Waals surface area contributed by atoms with E-state index in [9.17, 15) is 14.4 Å². The molecule has 0 aromatic heterocycles. The quantitative estimate of drug-likeness (QED) is 0.162. The molecule has 3 N–H and O–H groups in total. The summed E-state index contributed by atoms with van der Waals surface area (Å²) in [5.41, 5.74) is 5.95. The third-order valence-electron chi connectivity index (χ3n) is 5.84. The average Bonchev–Trinajstić information content (AvgIpc) is 3.15. The van der Waals surface area contributed by atoms with Gasteiger partial charge in [0.25, 0.3) is 5.91 Å². The molecule has 0 spiro atoms. The Hall–Kier alpha value is -3.82. The highest BCUT2D eigenvalue weighted by Gasteiger charge is 2.34. The minimum Gasteiger partial charge on any atom is -0.478 e. The molecule has 38 heavy (non-hydrogen) atoms. The van der Waals surface area contributed by atoms with Crippen molar-refractivity contribution in [1.82, 2.24) is 5.43 Å². The number of aryl methyl sites for hydroxylation is 1. The predicted molar refractivity (Wildman–Crippen MR) is 152 cm³/mol. The molecule has 196 valence electrons. The first-order valence-corrected chi connectivity index (χ1v) is 13.5. The number of nitrogens with one attached hydrogen (secondary N) is 2. The zero-order valence-corrected chi connectivity index (χ0v) is 22.3. The number of aromatic carboxylic acids is 1. The third-order valence-corrected chi connectivity index (χ3v) is 7.16. The Morgan fingerprint density at radius 2 is 1.87 bits per heavy atom. The van der Waals surface area contributed by atoms with Crippen molar-refractivity contribution in [2.45, 2.75) is 31.1 Å². The van der Waals surface area contributed by atoms with Crippen LogP contribution in [0.1, 0.15) is 41.3 Å². The molecular weight excluding hydrogens is 524 g/mol. The van der Waals surface area contributed by atoms with Gasteiger partial charge in [-0.1, -0.05) is 36.7 Å². The predicted octanol–water partition coefficient (Wildman–Crippen LogP) is 6.05. The van der Waals surface area contributed by atoms with Crippen molar-refractivity contribution in [3.63, 3.8) is 0 Å². The van der Waals surface area contributed by atoms with Crippen LogP contribution in [0.3, 0.4) is 0 Å². The molecule has 0 atom stereocenters. The van der Waals surface area contributed by atoms with Crippen molar-refractivity contribution in [2.75, 3.05) is 22.5 Å². The van der Waals surface area contributed by atoms with Crippen LogP contribution in [0.25, 0.3) is 0 Å². The Morgan fingerprint density at radius 3 is 2.58 bits per heavy atom. The number of carbonyl (C=O) groups is 3. The van der Waals surface area contributed by atoms with Crippen LogP contribution in [0.5, 0.6) is 0 Å². The first kappa shape index (κ1) is 27.2. The van der Waals surface area contributed by atoms with Gasteiger partial charge in [-0.3, -0.25) is 4.79 Å². The largest absolute Gasteiger partial charge is 0.478 e. The number of hydrogen-bond donors (Lipinski definition) is 3. The molecule has 1 aliphatic rings. The standard InChI is InChI=1S/C28H27ClN4O4S/c1-2-14-33-24-13-12-22(38-15-4-5-18-8-10-19(11-9-18)27(35)36)17-23(24)25(26(33)34)31-32-28(37)30-21-7-3-6-20(29)16-21/h3,6-13,16-17H,2,4-5,14-15H2,1H3,(H,35,36)(H2,30,32,37). The highest BCUT2D eigenvalue weighted by atomic mass is 35.5. The van der Waals surface area contributed by atoms with Gasteiger partial charge in [0.05, 0.1) is 11.3 Å². The van der Waals surface area contributed by atoms with E-state index in [1.165, 1.54) is 0 Å². The van der Waals surface area contributed by atoms with E-state index >= 15 is 0 Å². The van der Waals surface area contributed by atoms with E-state index in [2.05, 4.69) is 15.8 Å². The average molecular weight is 551 g/mol. The van der Waals surface area contributed by atoms with E-state index in [4.69, 9.17) is 16.7 Å². The number of halogens is 1. The van der Waals surface area contributed by atoms with Crippen LogP contribution in [-0.4, -0.2) is 41.0 Å². The molecule has 0 fully saturated rings. The SMILES string of the molecule is CCCN1C(=O)C(=NNC(=O)Nc2cccc(Cl)c2)c2cc(SCCCc3ccc(C(=O)O)cc3)ccc21. The van der Waals surface area contributed by atoms with E-state index in [-0.39, 0.29) is 17.2 Å². The summed E-state index contributed by atoms with van der Waals surface area (Å²) < 4.78 is 0. The van der Waals surface area contributed by atoms with Gasteiger partial charge in [0.1, 0.15) is 0 Å². The first-order chi connectivity index (χ1) is 18.4. The van der Waals surface area contributed by atoms with Gasteiger partial charge in [0.2, 0.25) is 0 Å². The minimum absolute atomic E-state index is 0.190. The van der Waals surface area contributed by atoms with Gasteiger partial charge in [-0.05, 0) is 79.1 Å². The molecule has 0 radical (unpaired) electrons. The molecule has 0 bridgehead atoms.